The number of hydrogen-bond donors (Lipinski definition) is 1. The van der Waals surface area contributed by atoms with Gasteiger partial charge in [0.15, 0.2) is 0 Å². The molecule has 156 valence electrons. The molecule has 0 radical (unpaired) electrons. The van der Waals surface area contributed by atoms with E-state index in [1.54, 1.807) is 0 Å². The third kappa shape index (κ3) is 3.50. The van der Waals surface area contributed by atoms with Crippen LogP contribution in [0.5, 0.6) is 0 Å². The van der Waals surface area contributed by atoms with Gasteiger partial charge in [0.05, 0.1) is 13.1 Å². The molecule has 0 aliphatic heterocycles. The second-order valence-electron chi connectivity index (χ2n) is 8.87. The lowest BCUT2D eigenvalue weighted by Gasteiger charge is -2.27. The summed E-state index contributed by atoms with van der Waals surface area (Å²) in [6, 6.07) is 13.2. The van der Waals surface area contributed by atoms with Crippen LogP contribution in [0.2, 0.25) is 0 Å². The molecule has 1 fully saturated rings. The maximum atomic E-state index is 11.7. The summed E-state index contributed by atoms with van der Waals surface area (Å²) in [4.78, 5) is 24.0. The minimum Gasteiger partial charge on any atom is -0.322 e. The summed E-state index contributed by atoms with van der Waals surface area (Å²) in [6.07, 6.45) is 7.49. The molecule has 0 aromatic heterocycles. The highest BCUT2D eigenvalue weighted by Crippen LogP contribution is 2.55. The van der Waals surface area contributed by atoms with E-state index in [0.29, 0.717) is 18.2 Å². The first kappa shape index (κ1) is 20.5. The van der Waals surface area contributed by atoms with Gasteiger partial charge >= 0.3 is 0 Å². The van der Waals surface area contributed by atoms with E-state index in [-0.39, 0.29) is 24.4 Å². The zero-order valence-corrected chi connectivity index (χ0v) is 18.0. The van der Waals surface area contributed by atoms with Crippen molar-refractivity contribution in [2.45, 2.75) is 57.4 Å². The SMILES string of the molecule is Cc1cc2c(cc1C1(c3ccc(CN(C=O)C(=O)CN)cc3)CC1)C(C)C=CC2C. The van der Waals surface area contributed by atoms with Crippen LogP contribution in [-0.2, 0) is 21.5 Å². The van der Waals surface area contributed by atoms with E-state index in [1.165, 1.54) is 27.8 Å². The molecule has 2 atom stereocenters. The molecule has 0 heterocycles. The average Bonchev–Trinajstić information content (AvgIpc) is 3.56. The van der Waals surface area contributed by atoms with Gasteiger partial charge in [-0.2, -0.15) is 0 Å². The second kappa shape index (κ2) is 7.84. The van der Waals surface area contributed by atoms with E-state index in [4.69, 9.17) is 5.73 Å². The van der Waals surface area contributed by atoms with Crippen molar-refractivity contribution in [2.75, 3.05) is 6.54 Å². The van der Waals surface area contributed by atoms with E-state index < -0.39 is 0 Å². The Kier molecular flexibility index (Phi) is 5.37. The quantitative estimate of drug-likeness (QED) is 0.579. The molecule has 0 saturated heterocycles. The number of imide groups is 1. The van der Waals surface area contributed by atoms with Crippen molar-refractivity contribution in [2.24, 2.45) is 5.73 Å². The molecule has 2 aliphatic rings. The largest absolute Gasteiger partial charge is 0.322 e. The van der Waals surface area contributed by atoms with Gasteiger partial charge in [0.25, 0.3) is 0 Å². The second-order valence-corrected chi connectivity index (χ2v) is 8.87. The highest BCUT2D eigenvalue weighted by atomic mass is 16.2. The minimum atomic E-state index is -0.366. The van der Waals surface area contributed by atoms with Crippen LogP contribution in [0.3, 0.4) is 0 Å². The molecule has 2 unspecified atom stereocenters. The van der Waals surface area contributed by atoms with Crippen LogP contribution in [-0.4, -0.2) is 23.8 Å². The third-order valence-corrected chi connectivity index (χ3v) is 6.85. The fourth-order valence-corrected chi connectivity index (χ4v) is 4.86. The number of aryl methyl sites for hydroxylation is 1. The molecule has 0 spiro atoms. The molecule has 30 heavy (non-hydrogen) atoms. The molecule has 2 aromatic carbocycles. The number of carbonyl (C=O) groups is 2. The van der Waals surface area contributed by atoms with Crippen LogP contribution in [0.1, 0.15) is 71.9 Å². The summed E-state index contributed by atoms with van der Waals surface area (Å²) in [6.45, 7) is 6.87. The highest BCUT2D eigenvalue weighted by Gasteiger charge is 2.47. The number of rotatable bonds is 6. The summed E-state index contributed by atoms with van der Waals surface area (Å²) in [5.41, 5.74) is 13.4. The van der Waals surface area contributed by atoms with Crippen LogP contribution >= 0.6 is 0 Å². The van der Waals surface area contributed by atoms with E-state index in [9.17, 15) is 9.59 Å². The van der Waals surface area contributed by atoms with Crippen molar-refractivity contribution in [1.82, 2.24) is 4.90 Å². The van der Waals surface area contributed by atoms with Crippen molar-refractivity contribution in [1.29, 1.82) is 0 Å². The lowest BCUT2D eigenvalue weighted by molar-refractivity contribution is -0.137. The normalized spacial score (nSPS) is 21.1. The van der Waals surface area contributed by atoms with E-state index in [2.05, 4.69) is 57.2 Å². The molecule has 4 heteroatoms. The molecule has 2 aliphatic carbocycles. The van der Waals surface area contributed by atoms with Crippen LogP contribution in [0.25, 0.3) is 0 Å². The Labute approximate surface area is 178 Å². The first-order chi connectivity index (χ1) is 14.4. The molecule has 2 N–H and O–H groups in total. The first-order valence-electron chi connectivity index (χ1n) is 10.8. The van der Waals surface area contributed by atoms with E-state index in [0.717, 1.165) is 23.3 Å². The van der Waals surface area contributed by atoms with Crippen molar-refractivity contribution < 1.29 is 9.59 Å². The van der Waals surface area contributed by atoms with Gasteiger partial charge in [0.1, 0.15) is 0 Å². The summed E-state index contributed by atoms with van der Waals surface area (Å²) in [5.74, 6) is 0.549. The molecule has 4 nitrogen and oxygen atoms in total. The Balaban J connectivity index is 1.63. The van der Waals surface area contributed by atoms with Gasteiger partial charge in [-0.25, -0.2) is 0 Å². The van der Waals surface area contributed by atoms with Crippen LogP contribution in [0.15, 0.2) is 48.6 Å². The van der Waals surface area contributed by atoms with Crippen molar-refractivity contribution in [3.05, 3.63) is 81.9 Å². The van der Waals surface area contributed by atoms with Gasteiger partial charge in [-0.1, -0.05) is 62.4 Å². The predicted molar refractivity (Wildman–Crippen MR) is 119 cm³/mol. The van der Waals surface area contributed by atoms with Crippen molar-refractivity contribution >= 4 is 12.3 Å². The van der Waals surface area contributed by atoms with Crippen LogP contribution < -0.4 is 5.73 Å². The molecular weight excluding hydrogens is 372 g/mol. The zero-order chi connectivity index (χ0) is 21.5. The Bertz CT molecular complexity index is 1000. The zero-order valence-electron chi connectivity index (χ0n) is 18.0. The molecular formula is C26H30N2O2. The molecule has 1 saturated carbocycles. The Morgan fingerprint density at radius 3 is 2.23 bits per heavy atom. The Morgan fingerprint density at radius 1 is 1.10 bits per heavy atom. The lowest BCUT2D eigenvalue weighted by atomic mass is 9.77. The summed E-state index contributed by atoms with van der Waals surface area (Å²) in [5, 5.41) is 0. The summed E-state index contributed by atoms with van der Waals surface area (Å²) >= 11 is 0. The van der Waals surface area contributed by atoms with E-state index >= 15 is 0 Å². The molecule has 2 aromatic rings. The summed E-state index contributed by atoms with van der Waals surface area (Å²) in [7, 11) is 0. The number of nitrogens with two attached hydrogens (primary N) is 1. The number of carbonyl (C=O) groups excluding carboxylic acids is 2. The number of amides is 2. The highest BCUT2D eigenvalue weighted by molar-refractivity contribution is 5.87. The first-order valence-corrected chi connectivity index (χ1v) is 10.8. The number of hydrogen-bond acceptors (Lipinski definition) is 3. The smallest absolute Gasteiger partial charge is 0.243 e. The number of benzene rings is 2. The Hall–Kier alpha value is -2.72. The van der Waals surface area contributed by atoms with Crippen molar-refractivity contribution in [3.63, 3.8) is 0 Å². The maximum Gasteiger partial charge on any atom is 0.243 e. The van der Waals surface area contributed by atoms with Gasteiger partial charge < -0.3 is 5.73 Å². The van der Waals surface area contributed by atoms with Gasteiger partial charge in [0.2, 0.25) is 12.3 Å². The van der Waals surface area contributed by atoms with E-state index in [1.807, 2.05) is 12.1 Å². The average molecular weight is 403 g/mol. The van der Waals surface area contributed by atoms with Crippen molar-refractivity contribution in [3.8, 4) is 0 Å². The Morgan fingerprint density at radius 2 is 1.70 bits per heavy atom. The van der Waals surface area contributed by atoms with Crippen LogP contribution in [0.4, 0.5) is 0 Å². The van der Waals surface area contributed by atoms with Gasteiger partial charge in [0, 0.05) is 5.41 Å². The number of nitrogens with zero attached hydrogens (tertiary/aromatic N) is 1. The molecule has 2 amide bonds. The van der Waals surface area contributed by atoms with Crippen LogP contribution in [0, 0.1) is 6.92 Å². The molecule has 0 bridgehead atoms. The van der Waals surface area contributed by atoms with Gasteiger partial charge in [-0.05, 0) is 65.0 Å². The molecule has 4 rings (SSSR count). The fourth-order valence-electron chi connectivity index (χ4n) is 4.86. The standard InChI is InChI=1S/C26H30N2O2/c1-17-4-5-18(2)23-13-24(19(3)12-22(17)23)26(10-11-26)21-8-6-20(7-9-21)15-28(16-29)25(30)14-27/h4-9,12-13,16-18H,10-11,14-15,27H2,1-3H3. The number of allylic oxidation sites excluding steroid dienone is 2. The lowest BCUT2D eigenvalue weighted by Crippen LogP contribution is -2.34. The monoisotopic (exact) mass is 402 g/mol. The summed E-state index contributed by atoms with van der Waals surface area (Å²) < 4.78 is 0. The van der Waals surface area contributed by atoms with Gasteiger partial charge in [-0.15, -0.1) is 0 Å². The predicted octanol–water partition coefficient (Wildman–Crippen LogP) is 4.30. The minimum absolute atomic E-state index is 0.0825. The maximum absolute atomic E-state index is 11.7. The topological polar surface area (TPSA) is 63.4 Å². The van der Waals surface area contributed by atoms with Gasteiger partial charge in [-0.3, -0.25) is 14.5 Å². The third-order valence-electron chi connectivity index (χ3n) is 6.85. The number of fused-ring (bicyclic) bond motifs is 1. The fraction of sp³-hybridized carbons (Fsp3) is 0.385.